The molecule has 1 heterocycles. The first-order chi connectivity index (χ1) is 17.9. The van der Waals surface area contributed by atoms with E-state index in [4.69, 9.17) is 16.3 Å². The van der Waals surface area contributed by atoms with E-state index in [1.807, 2.05) is 49.4 Å². The van der Waals surface area contributed by atoms with Crippen LogP contribution in [0.2, 0.25) is 5.02 Å². The summed E-state index contributed by atoms with van der Waals surface area (Å²) >= 11 is 6.00. The Bertz CT molecular complexity index is 1140. The summed E-state index contributed by atoms with van der Waals surface area (Å²) in [5.74, 6) is -3.33. The van der Waals surface area contributed by atoms with E-state index in [0.29, 0.717) is 16.3 Å². The number of aliphatic hydroxyl groups is 1. The Kier molecular flexibility index (Phi) is 8.67. The summed E-state index contributed by atoms with van der Waals surface area (Å²) < 4.78 is 5.42. The molecule has 7 nitrogen and oxygen atoms in total. The second-order valence-corrected chi connectivity index (χ2v) is 9.95. The molecule has 0 radical (unpaired) electrons. The number of anilines is 1. The lowest BCUT2D eigenvalue weighted by atomic mass is 9.69. The van der Waals surface area contributed by atoms with Crippen molar-refractivity contribution >= 4 is 35.1 Å². The number of esters is 1. The number of halogens is 1. The maximum Gasteiger partial charge on any atom is 0.310 e. The summed E-state index contributed by atoms with van der Waals surface area (Å²) in [4.78, 5) is 42.6. The van der Waals surface area contributed by atoms with Gasteiger partial charge in [-0.25, -0.2) is 0 Å². The Morgan fingerprint density at radius 1 is 1.08 bits per heavy atom. The number of fused-ring (bicyclic) bond motifs is 1. The summed E-state index contributed by atoms with van der Waals surface area (Å²) in [6.45, 7) is 3.61. The van der Waals surface area contributed by atoms with Crippen LogP contribution in [0.1, 0.15) is 38.3 Å². The number of allylic oxidation sites excluding steroid dienone is 1. The van der Waals surface area contributed by atoms with Gasteiger partial charge in [0.05, 0.1) is 31.1 Å². The van der Waals surface area contributed by atoms with E-state index in [-0.39, 0.29) is 25.0 Å². The molecular weight excluding hydrogens is 492 g/mol. The molecular formula is C29H33ClN2O5. The van der Waals surface area contributed by atoms with E-state index in [2.05, 4.69) is 5.32 Å². The molecule has 1 aliphatic carbocycles. The molecule has 1 saturated heterocycles. The summed E-state index contributed by atoms with van der Waals surface area (Å²) in [6.07, 6.45) is 5.43. The number of carbonyl (C=O) groups excluding carboxylic acids is 3. The highest BCUT2D eigenvalue weighted by molar-refractivity contribution is 6.30. The van der Waals surface area contributed by atoms with Crippen molar-refractivity contribution in [2.24, 2.45) is 23.7 Å². The minimum absolute atomic E-state index is 0.168. The van der Waals surface area contributed by atoms with Gasteiger partial charge in [0.2, 0.25) is 11.8 Å². The predicted octanol–water partition coefficient (Wildman–Crippen LogP) is 4.62. The zero-order valence-corrected chi connectivity index (χ0v) is 21.8. The first kappa shape index (κ1) is 26.9. The lowest BCUT2D eigenvalue weighted by Crippen LogP contribution is -2.46. The number of amides is 2. The van der Waals surface area contributed by atoms with Gasteiger partial charge in [-0.05, 0) is 49.1 Å². The lowest BCUT2D eigenvalue weighted by Gasteiger charge is -2.34. The number of rotatable bonds is 9. The monoisotopic (exact) mass is 524 g/mol. The average molecular weight is 525 g/mol. The van der Waals surface area contributed by atoms with Gasteiger partial charge < -0.3 is 20.1 Å². The molecule has 1 aliphatic heterocycles. The molecule has 0 saturated carbocycles. The van der Waals surface area contributed by atoms with Crippen LogP contribution in [0.3, 0.4) is 0 Å². The third kappa shape index (κ3) is 5.43. The average Bonchev–Trinajstić information content (AvgIpc) is 3.19. The molecule has 0 unspecified atom stereocenters. The minimum Gasteiger partial charge on any atom is -0.466 e. The van der Waals surface area contributed by atoms with Crippen molar-refractivity contribution in [2.45, 2.75) is 38.8 Å². The number of nitrogens with zero attached hydrogens (tertiary/aromatic N) is 1. The Morgan fingerprint density at radius 3 is 2.41 bits per heavy atom. The molecule has 2 aliphatic rings. The first-order valence-electron chi connectivity index (χ1n) is 12.8. The number of carbonyl (C=O) groups is 3. The Hall–Kier alpha value is -3.16. The molecule has 196 valence electrons. The van der Waals surface area contributed by atoms with Gasteiger partial charge in [-0.2, -0.15) is 0 Å². The Balaban J connectivity index is 1.78. The van der Waals surface area contributed by atoms with Crippen molar-refractivity contribution in [1.82, 2.24) is 4.90 Å². The Morgan fingerprint density at radius 2 is 1.78 bits per heavy atom. The zero-order chi connectivity index (χ0) is 26.5. The van der Waals surface area contributed by atoms with Gasteiger partial charge in [-0.15, -0.1) is 0 Å². The van der Waals surface area contributed by atoms with E-state index in [1.54, 1.807) is 31.2 Å². The van der Waals surface area contributed by atoms with Crippen molar-refractivity contribution in [3.63, 3.8) is 0 Å². The number of likely N-dealkylation sites (tertiary alicyclic amines) is 1. The van der Waals surface area contributed by atoms with E-state index >= 15 is 0 Å². The fourth-order valence-corrected chi connectivity index (χ4v) is 5.85. The molecule has 0 spiro atoms. The molecule has 0 aromatic heterocycles. The summed E-state index contributed by atoms with van der Waals surface area (Å²) in [6, 6.07) is 14.2. The van der Waals surface area contributed by atoms with E-state index < -0.39 is 41.7 Å². The molecule has 8 heteroatoms. The Labute approximate surface area is 222 Å². The van der Waals surface area contributed by atoms with E-state index in [9.17, 15) is 19.5 Å². The molecule has 2 aromatic carbocycles. The van der Waals surface area contributed by atoms with Crippen molar-refractivity contribution in [2.75, 3.05) is 18.5 Å². The largest absolute Gasteiger partial charge is 0.466 e. The molecule has 2 amide bonds. The van der Waals surface area contributed by atoms with Crippen LogP contribution in [0, 0.1) is 23.7 Å². The summed E-state index contributed by atoms with van der Waals surface area (Å²) in [7, 11) is 0. The normalized spacial score (nSPS) is 25.5. The fraction of sp³-hybridized carbons (Fsp3) is 0.414. The molecule has 1 fully saturated rings. The van der Waals surface area contributed by atoms with Gasteiger partial charge >= 0.3 is 5.97 Å². The van der Waals surface area contributed by atoms with Crippen LogP contribution < -0.4 is 5.32 Å². The van der Waals surface area contributed by atoms with Gasteiger partial charge in [-0.3, -0.25) is 14.4 Å². The summed E-state index contributed by atoms with van der Waals surface area (Å²) in [5.41, 5.74) is 1.25. The van der Waals surface area contributed by atoms with Crippen molar-refractivity contribution < 1.29 is 24.2 Å². The molecule has 6 atom stereocenters. The van der Waals surface area contributed by atoms with Crippen molar-refractivity contribution in [3.8, 4) is 0 Å². The molecule has 0 bridgehead atoms. The summed E-state index contributed by atoms with van der Waals surface area (Å²) in [5, 5.41) is 13.9. The standard InChI is InChI=1S/C29H33ClN2O5/c1-3-8-19-11-16-22-25(24(19)29(36)37-4-2)28(35)32(23(17-33)18-9-6-5-7-10-18)26(22)27(34)31-21-14-12-20(30)13-15-21/h5-7,9-16,19,22-26,33H,3-4,8,17H2,1-2H3,(H,31,34)/t19-,22+,23-,24-,25+,26+/m1/s1. The number of nitrogens with one attached hydrogen (secondary N) is 1. The van der Waals surface area contributed by atoms with Crippen molar-refractivity contribution in [1.29, 1.82) is 0 Å². The van der Waals surface area contributed by atoms with Crippen LogP contribution >= 0.6 is 11.6 Å². The highest BCUT2D eigenvalue weighted by atomic mass is 35.5. The fourth-order valence-electron chi connectivity index (χ4n) is 5.73. The lowest BCUT2D eigenvalue weighted by molar-refractivity contribution is -0.156. The molecule has 2 N–H and O–H groups in total. The second-order valence-electron chi connectivity index (χ2n) is 9.51. The second kappa shape index (κ2) is 11.9. The molecule has 4 rings (SSSR count). The van der Waals surface area contributed by atoms with Crippen LogP contribution in [0.15, 0.2) is 66.7 Å². The van der Waals surface area contributed by atoms with Gasteiger partial charge in [0, 0.05) is 16.6 Å². The van der Waals surface area contributed by atoms with Gasteiger partial charge in [0.25, 0.3) is 0 Å². The van der Waals surface area contributed by atoms with Gasteiger partial charge in [-0.1, -0.05) is 67.4 Å². The van der Waals surface area contributed by atoms with Crippen LogP contribution in [0.5, 0.6) is 0 Å². The van der Waals surface area contributed by atoms with Crippen LogP contribution in [-0.2, 0) is 19.1 Å². The number of benzene rings is 2. The maximum absolute atomic E-state index is 14.2. The zero-order valence-electron chi connectivity index (χ0n) is 21.0. The highest BCUT2D eigenvalue weighted by Crippen LogP contribution is 2.48. The smallest absolute Gasteiger partial charge is 0.310 e. The minimum atomic E-state index is -0.929. The van der Waals surface area contributed by atoms with E-state index in [1.165, 1.54) is 4.90 Å². The number of hydrogen-bond acceptors (Lipinski definition) is 5. The quantitative estimate of drug-likeness (QED) is 0.368. The SMILES string of the molecule is CCC[C@@H]1C=C[C@H]2[C@H](C(=O)N([C@H](CO)c3ccccc3)[C@@H]2C(=O)Nc2ccc(Cl)cc2)[C@@H]1C(=O)OCC. The number of aliphatic hydroxyl groups excluding tert-OH is 1. The molecule has 37 heavy (non-hydrogen) atoms. The number of ether oxygens (including phenoxy) is 1. The van der Waals surface area contributed by atoms with Crippen LogP contribution in [0.25, 0.3) is 0 Å². The van der Waals surface area contributed by atoms with Crippen molar-refractivity contribution in [3.05, 3.63) is 77.3 Å². The first-order valence-corrected chi connectivity index (χ1v) is 13.2. The van der Waals surface area contributed by atoms with E-state index in [0.717, 1.165) is 12.8 Å². The third-order valence-corrected chi connectivity index (χ3v) is 7.55. The molecule has 2 aromatic rings. The van der Waals surface area contributed by atoms with Crippen LogP contribution in [0.4, 0.5) is 5.69 Å². The highest BCUT2D eigenvalue weighted by Gasteiger charge is 2.59. The maximum atomic E-state index is 14.2. The number of hydrogen-bond donors (Lipinski definition) is 2. The van der Waals surface area contributed by atoms with Gasteiger partial charge in [0.1, 0.15) is 6.04 Å². The topological polar surface area (TPSA) is 95.9 Å². The predicted molar refractivity (Wildman–Crippen MR) is 142 cm³/mol. The third-order valence-electron chi connectivity index (χ3n) is 7.30. The van der Waals surface area contributed by atoms with Crippen LogP contribution in [-0.4, -0.2) is 47.0 Å². The van der Waals surface area contributed by atoms with Gasteiger partial charge in [0.15, 0.2) is 0 Å².